The molecule has 1 aromatic carbocycles. The normalized spacial score (nSPS) is 10.8. The zero-order valence-corrected chi connectivity index (χ0v) is 13.1. The van der Waals surface area contributed by atoms with Crippen molar-refractivity contribution in [3.8, 4) is 16.3 Å². The fourth-order valence-electron chi connectivity index (χ4n) is 2.06. The Morgan fingerprint density at radius 1 is 1.24 bits per heavy atom. The Bertz CT molecular complexity index is 752. The highest BCUT2D eigenvalue weighted by Gasteiger charge is 2.08. The molecule has 0 bridgehead atoms. The Labute approximate surface area is 128 Å². The number of pyridine rings is 1. The van der Waals surface area contributed by atoms with E-state index in [-0.39, 0.29) is 0 Å². The molecule has 4 nitrogen and oxygen atoms in total. The third-order valence-electron chi connectivity index (χ3n) is 3.46. The molecule has 0 fully saturated rings. The lowest BCUT2D eigenvalue weighted by molar-refractivity contribution is 0.415. The second-order valence-electron chi connectivity index (χ2n) is 4.77. The molecule has 0 aliphatic rings. The average molecular weight is 299 g/mol. The summed E-state index contributed by atoms with van der Waals surface area (Å²) in [6.45, 7) is 3.05. The van der Waals surface area contributed by atoms with Gasteiger partial charge in [-0.15, -0.1) is 11.3 Å². The van der Waals surface area contributed by atoms with Crippen LogP contribution in [-0.4, -0.2) is 30.7 Å². The van der Waals surface area contributed by atoms with Gasteiger partial charge in [-0.1, -0.05) is 0 Å². The van der Waals surface area contributed by atoms with E-state index in [1.165, 1.54) is 0 Å². The molecule has 21 heavy (non-hydrogen) atoms. The number of methoxy groups -OCH3 is 1. The van der Waals surface area contributed by atoms with Gasteiger partial charge in [-0.2, -0.15) is 0 Å². The summed E-state index contributed by atoms with van der Waals surface area (Å²) in [6.07, 6.45) is 1.89. The maximum atomic E-state index is 5.25. The molecule has 0 spiro atoms. The van der Waals surface area contributed by atoms with Crippen LogP contribution in [-0.2, 0) is 0 Å². The second-order valence-corrected chi connectivity index (χ2v) is 5.80. The molecular weight excluding hydrogens is 282 g/mol. The van der Waals surface area contributed by atoms with E-state index in [1.54, 1.807) is 18.4 Å². The Balaban J connectivity index is 1.96. The third kappa shape index (κ3) is 2.69. The fraction of sp³-hybridized carbons (Fsp3) is 0.250. The van der Waals surface area contributed by atoms with E-state index in [1.807, 2.05) is 37.5 Å². The molecule has 0 atom stereocenters. The first-order valence-corrected chi connectivity index (χ1v) is 7.65. The van der Waals surface area contributed by atoms with Gasteiger partial charge in [-0.05, 0) is 37.3 Å². The van der Waals surface area contributed by atoms with Crippen molar-refractivity contribution in [2.75, 3.05) is 25.6 Å². The molecule has 108 valence electrons. The zero-order chi connectivity index (χ0) is 14.8. The van der Waals surface area contributed by atoms with E-state index in [0.29, 0.717) is 0 Å². The van der Waals surface area contributed by atoms with Gasteiger partial charge in [0.25, 0.3) is 0 Å². The summed E-state index contributed by atoms with van der Waals surface area (Å²) in [6, 6.07) is 10.0. The summed E-state index contributed by atoms with van der Waals surface area (Å²) < 4.78 is 6.38. The molecular formula is C16H17N3OS. The molecule has 0 unspecified atom stereocenters. The predicted octanol–water partition coefficient (Wildman–Crippen LogP) is 3.82. The maximum Gasteiger partial charge on any atom is 0.128 e. The SMILES string of the molecule is CCN(C)c1ccc(-c2nc3ccc(OC)cc3s2)cn1. The number of nitrogens with zero attached hydrogens (tertiary/aromatic N) is 3. The van der Waals surface area contributed by atoms with Crippen LogP contribution in [0.5, 0.6) is 5.75 Å². The van der Waals surface area contributed by atoms with Crippen molar-refractivity contribution in [1.82, 2.24) is 9.97 Å². The lowest BCUT2D eigenvalue weighted by Gasteiger charge is -2.14. The van der Waals surface area contributed by atoms with Crippen molar-refractivity contribution >= 4 is 27.4 Å². The maximum absolute atomic E-state index is 5.25. The Morgan fingerprint density at radius 3 is 2.76 bits per heavy atom. The Kier molecular flexibility index (Phi) is 3.75. The number of hydrogen-bond acceptors (Lipinski definition) is 5. The lowest BCUT2D eigenvalue weighted by Crippen LogP contribution is -2.16. The van der Waals surface area contributed by atoms with Crippen molar-refractivity contribution < 1.29 is 4.74 Å². The smallest absolute Gasteiger partial charge is 0.128 e. The van der Waals surface area contributed by atoms with Crippen LogP contribution < -0.4 is 9.64 Å². The molecule has 2 aromatic heterocycles. The minimum Gasteiger partial charge on any atom is -0.497 e. The third-order valence-corrected chi connectivity index (χ3v) is 4.52. The Hall–Kier alpha value is -2.14. The molecule has 3 rings (SSSR count). The van der Waals surface area contributed by atoms with E-state index in [4.69, 9.17) is 4.74 Å². The first-order chi connectivity index (χ1) is 10.2. The molecule has 0 N–H and O–H groups in total. The monoisotopic (exact) mass is 299 g/mol. The zero-order valence-electron chi connectivity index (χ0n) is 12.3. The van der Waals surface area contributed by atoms with Crippen LogP contribution in [0, 0.1) is 0 Å². The summed E-state index contributed by atoms with van der Waals surface area (Å²) in [5.74, 6) is 1.83. The van der Waals surface area contributed by atoms with Gasteiger partial charge in [0.1, 0.15) is 16.6 Å². The summed E-state index contributed by atoms with van der Waals surface area (Å²) in [4.78, 5) is 11.3. The van der Waals surface area contributed by atoms with Gasteiger partial charge >= 0.3 is 0 Å². The highest BCUT2D eigenvalue weighted by molar-refractivity contribution is 7.21. The van der Waals surface area contributed by atoms with E-state index < -0.39 is 0 Å². The molecule has 0 saturated heterocycles. The van der Waals surface area contributed by atoms with Crippen LogP contribution in [0.15, 0.2) is 36.5 Å². The standard InChI is InChI=1S/C16H17N3OS/c1-4-19(2)15-8-5-11(10-17-15)16-18-13-7-6-12(20-3)9-14(13)21-16/h5-10H,4H2,1-3H3. The number of anilines is 1. The molecule has 0 radical (unpaired) electrons. The van der Waals surface area contributed by atoms with Gasteiger partial charge in [-0.25, -0.2) is 9.97 Å². The molecule has 0 aliphatic carbocycles. The van der Waals surface area contributed by atoms with Crippen LogP contribution in [0.4, 0.5) is 5.82 Å². The first-order valence-electron chi connectivity index (χ1n) is 6.83. The highest BCUT2D eigenvalue weighted by atomic mass is 32.1. The molecule has 0 aliphatic heterocycles. The van der Waals surface area contributed by atoms with E-state index >= 15 is 0 Å². The number of aromatic nitrogens is 2. The molecule has 0 saturated carbocycles. The number of rotatable bonds is 4. The number of benzene rings is 1. The van der Waals surface area contributed by atoms with Crippen molar-refractivity contribution in [2.45, 2.75) is 6.92 Å². The van der Waals surface area contributed by atoms with Gasteiger partial charge in [-0.3, -0.25) is 0 Å². The lowest BCUT2D eigenvalue weighted by atomic mass is 10.3. The quantitative estimate of drug-likeness (QED) is 0.734. The molecule has 5 heteroatoms. The van der Waals surface area contributed by atoms with Gasteiger partial charge in [0.05, 0.1) is 17.3 Å². The van der Waals surface area contributed by atoms with Crippen molar-refractivity contribution in [2.24, 2.45) is 0 Å². The summed E-state index contributed by atoms with van der Waals surface area (Å²) in [7, 11) is 3.71. The van der Waals surface area contributed by atoms with E-state index in [9.17, 15) is 0 Å². The fourth-order valence-corrected chi connectivity index (χ4v) is 3.04. The molecule has 3 aromatic rings. The number of ether oxygens (including phenoxy) is 1. The highest BCUT2D eigenvalue weighted by Crippen LogP contribution is 2.32. The second kappa shape index (κ2) is 5.69. The summed E-state index contributed by atoms with van der Waals surface area (Å²) >= 11 is 1.66. The van der Waals surface area contributed by atoms with Crippen molar-refractivity contribution in [3.63, 3.8) is 0 Å². The van der Waals surface area contributed by atoms with Crippen molar-refractivity contribution in [1.29, 1.82) is 0 Å². The Morgan fingerprint density at radius 2 is 2.10 bits per heavy atom. The van der Waals surface area contributed by atoms with Crippen LogP contribution in [0.25, 0.3) is 20.8 Å². The topological polar surface area (TPSA) is 38.2 Å². The van der Waals surface area contributed by atoms with Gasteiger partial charge < -0.3 is 9.64 Å². The minimum atomic E-state index is 0.857. The summed E-state index contributed by atoms with van der Waals surface area (Å²) in [5, 5.41) is 0.983. The molecule has 0 amide bonds. The minimum absolute atomic E-state index is 0.857. The molecule has 2 heterocycles. The average Bonchev–Trinajstić information content (AvgIpc) is 2.97. The summed E-state index contributed by atoms with van der Waals surface area (Å²) in [5.41, 5.74) is 2.04. The predicted molar refractivity (Wildman–Crippen MR) is 88.3 cm³/mol. The number of hydrogen-bond donors (Lipinski definition) is 0. The largest absolute Gasteiger partial charge is 0.497 e. The van der Waals surface area contributed by atoms with Crippen LogP contribution in [0.3, 0.4) is 0 Å². The number of thiazole rings is 1. The van der Waals surface area contributed by atoms with Crippen LogP contribution >= 0.6 is 11.3 Å². The first kappa shape index (κ1) is 13.8. The van der Waals surface area contributed by atoms with E-state index in [0.717, 1.165) is 38.9 Å². The number of fused-ring (bicyclic) bond motifs is 1. The van der Waals surface area contributed by atoms with Gasteiger partial charge in [0.2, 0.25) is 0 Å². The van der Waals surface area contributed by atoms with Gasteiger partial charge in [0.15, 0.2) is 0 Å². The van der Waals surface area contributed by atoms with Crippen molar-refractivity contribution in [3.05, 3.63) is 36.5 Å². The van der Waals surface area contributed by atoms with Gasteiger partial charge in [0, 0.05) is 25.4 Å². The van der Waals surface area contributed by atoms with E-state index in [2.05, 4.69) is 27.9 Å². The van der Waals surface area contributed by atoms with Crippen LogP contribution in [0.2, 0.25) is 0 Å². The van der Waals surface area contributed by atoms with Crippen LogP contribution in [0.1, 0.15) is 6.92 Å².